The number of benzene rings is 1. The van der Waals surface area contributed by atoms with Gasteiger partial charge < -0.3 is 15.3 Å². The number of nitrogens with zero attached hydrogens (tertiary/aromatic N) is 1. The second-order valence-electron chi connectivity index (χ2n) is 5.14. The zero-order valence-electron chi connectivity index (χ0n) is 12.1. The van der Waals surface area contributed by atoms with Crippen LogP contribution < -0.4 is 5.32 Å². The van der Waals surface area contributed by atoms with Gasteiger partial charge in [0, 0.05) is 12.1 Å². The Morgan fingerprint density at radius 3 is 2.77 bits per heavy atom. The number of hydrogen-bond donors (Lipinski definition) is 2. The third-order valence-electron chi connectivity index (χ3n) is 3.52. The number of fused-ring (bicyclic) bond motifs is 1. The molecular formula is C16H18N2O4. The van der Waals surface area contributed by atoms with Gasteiger partial charge in [-0.2, -0.15) is 0 Å². The predicted octanol–water partition coefficient (Wildman–Crippen LogP) is 1.18. The summed E-state index contributed by atoms with van der Waals surface area (Å²) in [5.74, 6) is -1.77. The highest BCUT2D eigenvalue weighted by Crippen LogP contribution is 2.21. The number of nitrogens with one attached hydrogen (secondary N) is 1. The molecule has 116 valence electrons. The first-order valence-corrected chi connectivity index (χ1v) is 7.03. The smallest absolute Gasteiger partial charge is 0.326 e. The molecule has 6 nitrogen and oxygen atoms in total. The van der Waals surface area contributed by atoms with Crippen LogP contribution in [0.3, 0.4) is 0 Å². The Bertz CT molecular complexity index is 612. The molecule has 1 atom stereocenters. The third-order valence-corrected chi connectivity index (χ3v) is 3.52. The number of aliphatic carboxylic acids is 1. The largest absolute Gasteiger partial charge is 0.480 e. The van der Waals surface area contributed by atoms with E-state index in [2.05, 4.69) is 11.9 Å². The fourth-order valence-electron chi connectivity index (χ4n) is 2.40. The van der Waals surface area contributed by atoms with Crippen molar-refractivity contribution < 1.29 is 19.5 Å². The minimum absolute atomic E-state index is 0.147. The predicted molar refractivity (Wildman–Crippen MR) is 80.2 cm³/mol. The highest BCUT2D eigenvalue weighted by molar-refractivity contribution is 6.00. The molecular weight excluding hydrogens is 284 g/mol. The normalized spacial score (nSPS) is 14.4. The topological polar surface area (TPSA) is 86.7 Å². The van der Waals surface area contributed by atoms with Gasteiger partial charge in [-0.15, -0.1) is 6.58 Å². The molecule has 0 spiro atoms. The van der Waals surface area contributed by atoms with Crippen molar-refractivity contribution in [2.24, 2.45) is 0 Å². The van der Waals surface area contributed by atoms with Gasteiger partial charge in [-0.05, 0) is 24.5 Å². The summed E-state index contributed by atoms with van der Waals surface area (Å²) in [7, 11) is 0. The second-order valence-corrected chi connectivity index (χ2v) is 5.14. The Hall–Kier alpha value is -2.63. The highest BCUT2D eigenvalue weighted by Gasteiger charge is 2.29. The van der Waals surface area contributed by atoms with E-state index in [1.54, 1.807) is 18.2 Å². The molecule has 0 aromatic heterocycles. The van der Waals surface area contributed by atoms with E-state index in [0.717, 1.165) is 5.56 Å². The number of hydrogen-bond acceptors (Lipinski definition) is 3. The Kier molecular flexibility index (Phi) is 4.93. The molecule has 0 aliphatic carbocycles. The molecule has 1 aliphatic rings. The molecule has 1 heterocycles. The van der Waals surface area contributed by atoms with Gasteiger partial charge in [0.05, 0.1) is 0 Å². The third kappa shape index (κ3) is 3.52. The summed E-state index contributed by atoms with van der Waals surface area (Å²) in [6.07, 6.45) is 2.37. The molecule has 6 heteroatoms. The van der Waals surface area contributed by atoms with Crippen molar-refractivity contribution in [2.75, 3.05) is 6.54 Å². The molecule has 1 aromatic carbocycles. The SMILES string of the molecule is C=CCCC(NC(=O)CN1Cc2ccccc2C1=O)C(=O)O. The van der Waals surface area contributed by atoms with Crippen molar-refractivity contribution in [1.82, 2.24) is 10.2 Å². The van der Waals surface area contributed by atoms with Gasteiger partial charge in [-0.3, -0.25) is 9.59 Å². The quantitative estimate of drug-likeness (QED) is 0.740. The molecule has 0 bridgehead atoms. The lowest BCUT2D eigenvalue weighted by molar-refractivity contribution is -0.142. The highest BCUT2D eigenvalue weighted by atomic mass is 16.4. The molecule has 0 fully saturated rings. The fourth-order valence-corrected chi connectivity index (χ4v) is 2.40. The summed E-state index contributed by atoms with van der Waals surface area (Å²) in [5.41, 5.74) is 1.47. The summed E-state index contributed by atoms with van der Waals surface area (Å²) in [4.78, 5) is 36.6. The van der Waals surface area contributed by atoms with E-state index in [4.69, 9.17) is 5.11 Å². The van der Waals surface area contributed by atoms with Crippen molar-refractivity contribution in [3.05, 3.63) is 48.0 Å². The standard InChI is InChI=1S/C16H18N2O4/c1-2-3-8-13(16(21)22)17-14(19)10-18-9-11-6-4-5-7-12(11)15(18)20/h2,4-7,13H,1,3,8-10H2,(H,17,19)(H,21,22). The Morgan fingerprint density at radius 1 is 1.41 bits per heavy atom. The molecule has 1 aliphatic heterocycles. The molecule has 22 heavy (non-hydrogen) atoms. The van der Waals surface area contributed by atoms with Crippen molar-refractivity contribution in [3.8, 4) is 0 Å². The molecule has 1 aromatic rings. The molecule has 0 radical (unpaired) electrons. The van der Waals surface area contributed by atoms with E-state index < -0.39 is 17.9 Å². The maximum Gasteiger partial charge on any atom is 0.326 e. The Balaban J connectivity index is 1.94. The van der Waals surface area contributed by atoms with Gasteiger partial charge in [-0.25, -0.2) is 4.79 Å². The van der Waals surface area contributed by atoms with Crippen molar-refractivity contribution in [2.45, 2.75) is 25.4 Å². The van der Waals surface area contributed by atoms with Crippen LogP contribution in [0.5, 0.6) is 0 Å². The van der Waals surface area contributed by atoms with E-state index >= 15 is 0 Å². The van der Waals surface area contributed by atoms with Crippen LogP contribution in [0.1, 0.15) is 28.8 Å². The first kappa shape index (κ1) is 15.8. The van der Waals surface area contributed by atoms with Crippen LogP contribution >= 0.6 is 0 Å². The number of rotatable bonds is 7. The second kappa shape index (κ2) is 6.89. The number of amides is 2. The van der Waals surface area contributed by atoms with Crippen molar-refractivity contribution in [3.63, 3.8) is 0 Å². The summed E-state index contributed by atoms with van der Waals surface area (Å²) >= 11 is 0. The van der Waals surface area contributed by atoms with E-state index in [1.807, 2.05) is 12.1 Å². The average Bonchev–Trinajstić information content (AvgIpc) is 2.80. The number of carboxylic acids is 1. The average molecular weight is 302 g/mol. The Labute approximate surface area is 128 Å². The van der Waals surface area contributed by atoms with Crippen LogP contribution in [-0.4, -0.2) is 40.4 Å². The van der Waals surface area contributed by atoms with Crippen LogP contribution in [-0.2, 0) is 16.1 Å². The van der Waals surface area contributed by atoms with Crippen LogP contribution in [0, 0.1) is 0 Å². The van der Waals surface area contributed by atoms with Gasteiger partial charge in [0.25, 0.3) is 5.91 Å². The van der Waals surface area contributed by atoms with Crippen LogP contribution in [0.4, 0.5) is 0 Å². The lowest BCUT2D eigenvalue weighted by atomic mass is 10.1. The monoisotopic (exact) mass is 302 g/mol. The van der Waals surface area contributed by atoms with Crippen LogP contribution in [0.2, 0.25) is 0 Å². The summed E-state index contributed by atoms with van der Waals surface area (Å²) in [6.45, 7) is 3.75. The lowest BCUT2D eigenvalue weighted by Crippen LogP contribution is -2.45. The van der Waals surface area contributed by atoms with E-state index in [-0.39, 0.29) is 18.9 Å². The first-order valence-electron chi connectivity index (χ1n) is 7.03. The number of allylic oxidation sites excluding steroid dienone is 1. The molecule has 2 amide bonds. The van der Waals surface area contributed by atoms with Crippen molar-refractivity contribution >= 4 is 17.8 Å². The van der Waals surface area contributed by atoms with Gasteiger partial charge in [0.15, 0.2) is 0 Å². The minimum atomic E-state index is -1.09. The molecule has 1 unspecified atom stereocenters. The van der Waals surface area contributed by atoms with E-state index in [0.29, 0.717) is 18.5 Å². The van der Waals surface area contributed by atoms with Crippen LogP contribution in [0.25, 0.3) is 0 Å². The number of carbonyl (C=O) groups excluding carboxylic acids is 2. The van der Waals surface area contributed by atoms with E-state index in [1.165, 1.54) is 4.90 Å². The van der Waals surface area contributed by atoms with Gasteiger partial charge >= 0.3 is 5.97 Å². The molecule has 2 rings (SSSR count). The number of carbonyl (C=O) groups is 3. The fraction of sp³-hybridized carbons (Fsp3) is 0.312. The first-order chi connectivity index (χ1) is 10.5. The maximum atomic E-state index is 12.1. The van der Waals surface area contributed by atoms with Crippen LogP contribution in [0.15, 0.2) is 36.9 Å². The lowest BCUT2D eigenvalue weighted by Gasteiger charge is -2.18. The zero-order chi connectivity index (χ0) is 16.1. The van der Waals surface area contributed by atoms with Gasteiger partial charge in [-0.1, -0.05) is 24.3 Å². The minimum Gasteiger partial charge on any atom is -0.480 e. The van der Waals surface area contributed by atoms with E-state index in [9.17, 15) is 14.4 Å². The van der Waals surface area contributed by atoms with Crippen molar-refractivity contribution in [1.29, 1.82) is 0 Å². The summed E-state index contributed by atoms with van der Waals surface area (Å²) in [5, 5.41) is 11.5. The molecule has 0 saturated carbocycles. The number of carboxylic acid groups (broad SMARTS) is 1. The Morgan fingerprint density at radius 2 is 2.14 bits per heavy atom. The molecule has 0 saturated heterocycles. The maximum absolute atomic E-state index is 12.1. The zero-order valence-corrected chi connectivity index (χ0v) is 12.1. The van der Waals surface area contributed by atoms with Gasteiger partial charge in [0.1, 0.15) is 12.6 Å². The summed E-state index contributed by atoms with van der Waals surface area (Å²) < 4.78 is 0. The summed E-state index contributed by atoms with van der Waals surface area (Å²) in [6, 6.07) is 6.21. The van der Waals surface area contributed by atoms with Gasteiger partial charge in [0.2, 0.25) is 5.91 Å². The molecule has 2 N–H and O–H groups in total.